The van der Waals surface area contributed by atoms with E-state index < -0.39 is 30.2 Å². The average molecular weight is 425 g/mol. The molecule has 1 fully saturated rings. The standard InChI is InChI=1S/C22H23N3O6/c1-31-16-11-14(20(28)17-6-2-4-8-23-17)10-15(12-16)22(30)25(13-19(26)27)18-7-3-5-9-24-21(18)29/h2,4,6,8,10-12,18H,3,5,7,9,13H2,1H3,(H,24,29)(H,26,27). The molecule has 1 saturated heterocycles. The highest BCUT2D eigenvalue weighted by molar-refractivity contribution is 6.09. The van der Waals surface area contributed by atoms with E-state index in [1.54, 1.807) is 18.2 Å². The van der Waals surface area contributed by atoms with E-state index in [4.69, 9.17) is 4.74 Å². The van der Waals surface area contributed by atoms with Crippen molar-refractivity contribution in [1.29, 1.82) is 0 Å². The van der Waals surface area contributed by atoms with Gasteiger partial charge in [0.25, 0.3) is 5.91 Å². The van der Waals surface area contributed by atoms with Gasteiger partial charge in [-0.15, -0.1) is 0 Å². The molecule has 0 aliphatic carbocycles. The van der Waals surface area contributed by atoms with Crippen LogP contribution in [0.15, 0.2) is 42.6 Å². The van der Waals surface area contributed by atoms with Crippen LogP contribution >= 0.6 is 0 Å². The summed E-state index contributed by atoms with van der Waals surface area (Å²) in [4.78, 5) is 55.1. The maximum Gasteiger partial charge on any atom is 0.323 e. The molecule has 1 aliphatic rings. The van der Waals surface area contributed by atoms with Gasteiger partial charge in [0.1, 0.15) is 24.0 Å². The monoisotopic (exact) mass is 425 g/mol. The topological polar surface area (TPSA) is 126 Å². The van der Waals surface area contributed by atoms with Crippen molar-refractivity contribution in [3.05, 3.63) is 59.4 Å². The largest absolute Gasteiger partial charge is 0.497 e. The molecule has 9 nitrogen and oxygen atoms in total. The molecule has 1 aromatic heterocycles. The van der Waals surface area contributed by atoms with E-state index in [0.717, 1.165) is 11.3 Å². The summed E-state index contributed by atoms with van der Waals surface area (Å²) in [5, 5.41) is 12.1. The quantitative estimate of drug-likeness (QED) is 0.644. The Hall–Kier alpha value is -3.75. The smallest absolute Gasteiger partial charge is 0.323 e. The van der Waals surface area contributed by atoms with Gasteiger partial charge in [-0.25, -0.2) is 0 Å². The van der Waals surface area contributed by atoms with Crippen molar-refractivity contribution in [2.24, 2.45) is 0 Å². The molecule has 0 bridgehead atoms. The van der Waals surface area contributed by atoms with Crippen molar-refractivity contribution >= 4 is 23.6 Å². The fourth-order valence-electron chi connectivity index (χ4n) is 3.47. The lowest BCUT2D eigenvalue weighted by atomic mass is 10.0. The highest BCUT2D eigenvalue weighted by Crippen LogP contribution is 2.23. The van der Waals surface area contributed by atoms with Crippen molar-refractivity contribution in [3.63, 3.8) is 0 Å². The Morgan fingerprint density at radius 3 is 2.65 bits per heavy atom. The lowest BCUT2D eigenvalue weighted by molar-refractivity contribution is -0.139. The number of rotatable bonds is 7. The number of carboxylic acid groups (broad SMARTS) is 1. The van der Waals surface area contributed by atoms with Crippen LogP contribution in [0.2, 0.25) is 0 Å². The number of nitrogens with one attached hydrogen (secondary N) is 1. The molecule has 2 heterocycles. The Bertz CT molecular complexity index is 992. The molecular formula is C22H23N3O6. The summed E-state index contributed by atoms with van der Waals surface area (Å²) in [6.45, 7) is -0.163. The van der Waals surface area contributed by atoms with Crippen molar-refractivity contribution in [3.8, 4) is 5.75 Å². The van der Waals surface area contributed by atoms with Crippen molar-refractivity contribution in [2.45, 2.75) is 25.3 Å². The van der Waals surface area contributed by atoms with Crippen LogP contribution in [-0.2, 0) is 9.59 Å². The summed E-state index contributed by atoms with van der Waals surface area (Å²) < 4.78 is 5.24. The molecule has 9 heteroatoms. The fraction of sp³-hybridized carbons (Fsp3) is 0.318. The first kappa shape index (κ1) is 21.9. The van der Waals surface area contributed by atoms with Crippen LogP contribution in [-0.4, -0.2) is 64.8 Å². The Labute approximate surface area is 179 Å². The normalized spacial score (nSPS) is 16.0. The minimum atomic E-state index is -1.24. The van der Waals surface area contributed by atoms with Crippen LogP contribution in [0.4, 0.5) is 0 Å². The number of carbonyl (C=O) groups is 4. The first-order chi connectivity index (χ1) is 14.9. The molecule has 1 atom stereocenters. The number of aliphatic carboxylic acids is 1. The number of carboxylic acids is 1. The van der Waals surface area contributed by atoms with Crippen LogP contribution < -0.4 is 10.1 Å². The van der Waals surface area contributed by atoms with Crippen LogP contribution in [0.1, 0.15) is 45.7 Å². The van der Waals surface area contributed by atoms with Gasteiger partial charge in [0, 0.05) is 23.9 Å². The first-order valence-electron chi connectivity index (χ1n) is 9.86. The number of nitrogens with zero attached hydrogens (tertiary/aromatic N) is 2. The van der Waals surface area contributed by atoms with E-state index in [9.17, 15) is 24.3 Å². The molecule has 1 aromatic carbocycles. The summed E-state index contributed by atoms with van der Waals surface area (Å²) >= 11 is 0. The first-order valence-corrected chi connectivity index (χ1v) is 9.86. The highest BCUT2D eigenvalue weighted by atomic mass is 16.5. The summed E-state index contributed by atoms with van der Waals surface area (Å²) in [5.74, 6) is -2.45. The van der Waals surface area contributed by atoms with Gasteiger partial charge in [-0.1, -0.05) is 6.07 Å². The zero-order chi connectivity index (χ0) is 22.4. The molecule has 1 aliphatic heterocycles. The van der Waals surface area contributed by atoms with E-state index in [1.807, 2.05) is 0 Å². The number of pyridine rings is 1. The Morgan fingerprint density at radius 1 is 1.19 bits per heavy atom. The number of methoxy groups -OCH3 is 1. The number of aromatic nitrogens is 1. The second-order valence-electron chi connectivity index (χ2n) is 7.12. The van der Waals surface area contributed by atoms with Gasteiger partial charge in [0.2, 0.25) is 11.7 Å². The fourth-order valence-corrected chi connectivity index (χ4v) is 3.47. The van der Waals surface area contributed by atoms with E-state index in [2.05, 4.69) is 10.3 Å². The SMILES string of the molecule is COc1cc(C(=O)c2ccccn2)cc(C(=O)N(CC(=O)O)C2CCCCNC2=O)c1. The number of hydrogen-bond acceptors (Lipinski definition) is 6. The Balaban J connectivity index is 1.99. The predicted molar refractivity (Wildman–Crippen MR) is 110 cm³/mol. The summed E-state index contributed by atoms with van der Waals surface area (Å²) in [6, 6.07) is 8.26. The van der Waals surface area contributed by atoms with Crippen LogP contribution in [0.5, 0.6) is 5.75 Å². The Kier molecular flexibility index (Phi) is 6.96. The van der Waals surface area contributed by atoms with Gasteiger partial charge >= 0.3 is 5.97 Å². The molecule has 0 saturated carbocycles. The number of hydrogen-bond donors (Lipinski definition) is 2. The number of carbonyl (C=O) groups excluding carboxylic acids is 3. The number of ketones is 1. The summed E-state index contributed by atoms with van der Waals surface area (Å²) in [6.07, 6.45) is 3.26. The van der Waals surface area contributed by atoms with Gasteiger partial charge < -0.3 is 20.1 Å². The van der Waals surface area contributed by atoms with Crippen LogP contribution in [0, 0.1) is 0 Å². The third-order valence-electron chi connectivity index (χ3n) is 5.00. The second kappa shape index (κ2) is 9.84. The predicted octanol–water partition coefficient (Wildman–Crippen LogP) is 1.52. The van der Waals surface area contributed by atoms with Gasteiger partial charge in [-0.3, -0.25) is 24.2 Å². The lowest BCUT2D eigenvalue weighted by Gasteiger charge is -2.28. The third-order valence-corrected chi connectivity index (χ3v) is 5.00. The Morgan fingerprint density at radius 2 is 1.97 bits per heavy atom. The number of ether oxygens (including phenoxy) is 1. The summed E-state index contributed by atoms with van der Waals surface area (Å²) in [5.41, 5.74) is 0.415. The number of amides is 2. The van der Waals surface area contributed by atoms with Gasteiger partial charge in [0.05, 0.1) is 7.11 Å². The van der Waals surface area contributed by atoms with Crippen molar-refractivity contribution < 1.29 is 29.0 Å². The third kappa shape index (κ3) is 5.25. The van der Waals surface area contributed by atoms with Crippen LogP contribution in [0.3, 0.4) is 0 Å². The summed E-state index contributed by atoms with van der Waals surface area (Å²) in [7, 11) is 1.40. The van der Waals surface area contributed by atoms with Gasteiger partial charge in [-0.2, -0.15) is 0 Å². The molecular weight excluding hydrogens is 402 g/mol. The molecule has 0 radical (unpaired) electrons. The van der Waals surface area contributed by atoms with Crippen LogP contribution in [0.25, 0.3) is 0 Å². The number of benzene rings is 1. The minimum Gasteiger partial charge on any atom is -0.497 e. The van der Waals surface area contributed by atoms with E-state index >= 15 is 0 Å². The van der Waals surface area contributed by atoms with Crippen molar-refractivity contribution in [1.82, 2.24) is 15.2 Å². The zero-order valence-electron chi connectivity index (χ0n) is 17.0. The maximum absolute atomic E-state index is 13.3. The molecule has 1 unspecified atom stereocenters. The molecule has 2 N–H and O–H groups in total. The maximum atomic E-state index is 13.3. The molecule has 2 aromatic rings. The lowest BCUT2D eigenvalue weighted by Crippen LogP contribution is -2.50. The van der Waals surface area contributed by atoms with Crippen molar-refractivity contribution in [2.75, 3.05) is 20.2 Å². The zero-order valence-corrected chi connectivity index (χ0v) is 17.0. The minimum absolute atomic E-state index is 0.0527. The molecule has 31 heavy (non-hydrogen) atoms. The van der Waals surface area contributed by atoms with E-state index in [1.165, 1.54) is 31.5 Å². The average Bonchev–Trinajstić information content (AvgIpc) is 3.00. The van der Waals surface area contributed by atoms with E-state index in [-0.39, 0.29) is 28.5 Å². The molecule has 0 spiro atoms. The second-order valence-corrected chi connectivity index (χ2v) is 7.12. The van der Waals surface area contributed by atoms with Gasteiger partial charge in [0.15, 0.2) is 0 Å². The molecule has 2 amide bonds. The van der Waals surface area contributed by atoms with Gasteiger partial charge in [-0.05, 0) is 49.6 Å². The highest BCUT2D eigenvalue weighted by Gasteiger charge is 2.33. The molecule has 162 valence electrons. The molecule has 3 rings (SSSR count). The van der Waals surface area contributed by atoms with E-state index in [0.29, 0.717) is 19.4 Å².